The van der Waals surface area contributed by atoms with Crippen LogP contribution in [0.4, 0.5) is 11.8 Å². The summed E-state index contributed by atoms with van der Waals surface area (Å²) in [5.41, 5.74) is 1.74. The third-order valence-electron chi connectivity index (χ3n) is 5.91. The molecule has 1 aromatic carbocycles. The number of para-hydroxylation sites is 2. The normalized spacial score (nSPS) is 19.9. The van der Waals surface area contributed by atoms with Crippen molar-refractivity contribution in [1.82, 2.24) is 19.5 Å². The molecule has 2 atom stereocenters. The van der Waals surface area contributed by atoms with Gasteiger partial charge in [-0.25, -0.2) is 19.3 Å². The second kappa shape index (κ2) is 9.18. The molecular weight excluding hydrogens is 454 g/mol. The molecular formula is C22H25N9O4. The number of aromatic nitrogens is 4. The minimum Gasteiger partial charge on any atom is -0.486 e. The number of nitrogens with zero attached hydrogens (tertiary/aromatic N) is 7. The number of aliphatic carboxylic acids is 1. The summed E-state index contributed by atoms with van der Waals surface area (Å²) >= 11 is 0. The number of nitrogens with one attached hydrogen (secondary N) is 1. The van der Waals surface area contributed by atoms with Crippen LogP contribution in [0.5, 0.6) is 5.75 Å². The van der Waals surface area contributed by atoms with Crippen molar-refractivity contribution in [2.24, 2.45) is 15.9 Å². The molecule has 4 heterocycles. The van der Waals surface area contributed by atoms with Crippen LogP contribution < -0.4 is 20.8 Å². The molecule has 35 heavy (non-hydrogen) atoms. The largest absolute Gasteiger partial charge is 0.486 e. The summed E-state index contributed by atoms with van der Waals surface area (Å²) in [6, 6.07) is 7.71. The van der Waals surface area contributed by atoms with Gasteiger partial charge in [-0.2, -0.15) is 10.1 Å². The van der Waals surface area contributed by atoms with E-state index in [0.29, 0.717) is 49.0 Å². The third kappa shape index (κ3) is 3.99. The Balaban J connectivity index is 1.71. The Bertz CT molecular complexity index is 1340. The number of nitrogens with two attached hydrogens (primary N) is 1. The number of carbonyl (C=O) groups is 1. The van der Waals surface area contributed by atoms with Gasteiger partial charge in [0.2, 0.25) is 11.9 Å². The lowest BCUT2D eigenvalue weighted by molar-refractivity contribution is -0.129. The molecule has 3 aromatic rings. The van der Waals surface area contributed by atoms with Crippen LogP contribution in [0.2, 0.25) is 0 Å². The standard InChI is InChI=1S/C22H25N9O4/c1-12-9-34-10-13-11-35-18-15(7-25-16(8-26-23)20(32)33)28-22(29-19(18)30(12)13)31-17-6-4-3-5-14(17)27-21(31)24-2/h3-6,8,12-13H,7,9-11,23H2,1-2H3,(H,24,27)(H,32,33)/t12-,13?/m1/s1. The van der Waals surface area contributed by atoms with E-state index in [4.69, 9.17) is 25.3 Å². The monoisotopic (exact) mass is 479 g/mol. The number of morpholine rings is 1. The number of carboxylic acid groups (broad SMARTS) is 1. The quantitative estimate of drug-likeness (QED) is 0.262. The van der Waals surface area contributed by atoms with Crippen LogP contribution >= 0.6 is 0 Å². The van der Waals surface area contributed by atoms with Crippen molar-refractivity contribution < 1.29 is 19.4 Å². The molecule has 0 spiro atoms. The smallest absolute Gasteiger partial charge is 0.355 e. The Morgan fingerprint density at radius 1 is 1.29 bits per heavy atom. The molecule has 2 aliphatic rings. The zero-order valence-corrected chi connectivity index (χ0v) is 19.2. The maximum Gasteiger partial charge on any atom is 0.355 e. The summed E-state index contributed by atoms with van der Waals surface area (Å²) in [7, 11) is 1.77. The van der Waals surface area contributed by atoms with Crippen LogP contribution in [0.1, 0.15) is 12.6 Å². The van der Waals surface area contributed by atoms with Crippen molar-refractivity contribution in [3.63, 3.8) is 0 Å². The van der Waals surface area contributed by atoms with E-state index >= 15 is 0 Å². The molecule has 1 saturated heterocycles. The zero-order valence-electron chi connectivity index (χ0n) is 19.2. The second-order valence-electron chi connectivity index (χ2n) is 8.18. The highest BCUT2D eigenvalue weighted by Crippen LogP contribution is 2.39. The Kier molecular flexibility index (Phi) is 5.91. The summed E-state index contributed by atoms with van der Waals surface area (Å²) in [6.45, 7) is 3.45. The lowest BCUT2D eigenvalue weighted by atomic mass is 10.1. The molecule has 182 valence electrons. The molecule has 13 heteroatoms. The zero-order chi connectivity index (χ0) is 24.5. The van der Waals surface area contributed by atoms with E-state index in [1.807, 2.05) is 28.8 Å². The van der Waals surface area contributed by atoms with Gasteiger partial charge in [0.15, 0.2) is 17.3 Å². The van der Waals surface area contributed by atoms with Crippen LogP contribution in [0, 0.1) is 0 Å². The van der Waals surface area contributed by atoms with E-state index in [1.165, 1.54) is 0 Å². The van der Waals surface area contributed by atoms with E-state index in [-0.39, 0.29) is 24.3 Å². The van der Waals surface area contributed by atoms with Crippen molar-refractivity contribution in [3.05, 3.63) is 30.0 Å². The topological polar surface area (TPSA) is 165 Å². The van der Waals surface area contributed by atoms with Gasteiger partial charge in [0, 0.05) is 7.05 Å². The molecule has 0 aliphatic carbocycles. The first-order chi connectivity index (χ1) is 17.0. The number of benzene rings is 1. The minimum atomic E-state index is -1.25. The van der Waals surface area contributed by atoms with Crippen molar-refractivity contribution in [1.29, 1.82) is 0 Å². The van der Waals surface area contributed by atoms with Crippen molar-refractivity contribution >= 4 is 40.7 Å². The number of fused-ring (bicyclic) bond motifs is 4. The van der Waals surface area contributed by atoms with Crippen molar-refractivity contribution in [2.75, 3.05) is 37.1 Å². The summed E-state index contributed by atoms with van der Waals surface area (Å²) in [5, 5.41) is 15.8. The van der Waals surface area contributed by atoms with E-state index in [1.54, 1.807) is 7.05 Å². The van der Waals surface area contributed by atoms with Gasteiger partial charge in [0.05, 0.1) is 49.1 Å². The number of hydrogen-bond donors (Lipinski definition) is 3. The van der Waals surface area contributed by atoms with Gasteiger partial charge in [-0.05, 0) is 19.1 Å². The predicted octanol–water partition coefficient (Wildman–Crippen LogP) is 0.813. The number of rotatable bonds is 6. The van der Waals surface area contributed by atoms with Gasteiger partial charge < -0.3 is 30.6 Å². The molecule has 0 bridgehead atoms. The van der Waals surface area contributed by atoms with Crippen LogP contribution in [0.3, 0.4) is 0 Å². The summed E-state index contributed by atoms with van der Waals surface area (Å²) < 4.78 is 13.6. The Morgan fingerprint density at radius 3 is 2.89 bits per heavy atom. The number of carboxylic acids is 1. The maximum atomic E-state index is 11.5. The Hall–Kier alpha value is -4.26. The van der Waals surface area contributed by atoms with Crippen LogP contribution in [0.25, 0.3) is 17.0 Å². The van der Waals surface area contributed by atoms with Gasteiger partial charge in [-0.15, -0.1) is 0 Å². The van der Waals surface area contributed by atoms with Crippen molar-refractivity contribution in [2.45, 2.75) is 25.6 Å². The highest BCUT2D eigenvalue weighted by Gasteiger charge is 2.38. The molecule has 0 amide bonds. The fourth-order valence-corrected chi connectivity index (χ4v) is 4.38. The van der Waals surface area contributed by atoms with Gasteiger partial charge >= 0.3 is 5.97 Å². The average Bonchev–Trinajstić information content (AvgIpc) is 3.24. The molecule has 1 unspecified atom stereocenters. The Morgan fingerprint density at radius 2 is 2.11 bits per heavy atom. The van der Waals surface area contributed by atoms with Crippen LogP contribution in [0.15, 0.2) is 34.4 Å². The fraction of sp³-hybridized carbons (Fsp3) is 0.364. The number of ether oxygens (including phenoxy) is 2. The lowest BCUT2D eigenvalue weighted by Gasteiger charge is -2.44. The molecule has 2 aliphatic heterocycles. The molecule has 4 N–H and O–H groups in total. The third-order valence-corrected chi connectivity index (χ3v) is 5.91. The van der Waals surface area contributed by atoms with Gasteiger partial charge in [-0.3, -0.25) is 4.99 Å². The van der Waals surface area contributed by atoms with E-state index < -0.39 is 5.97 Å². The van der Waals surface area contributed by atoms with E-state index in [0.717, 1.165) is 17.2 Å². The molecule has 2 aromatic heterocycles. The first kappa shape index (κ1) is 22.5. The van der Waals surface area contributed by atoms with Crippen LogP contribution in [-0.2, 0) is 16.1 Å². The Labute approximate surface area is 200 Å². The number of imidazole rings is 1. The summed E-state index contributed by atoms with van der Waals surface area (Å²) in [5.74, 6) is 5.89. The highest BCUT2D eigenvalue weighted by molar-refractivity contribution is 6.58. The van der Waals surface area contributed by atoms with E-state index in [9.17, 15) is 9.90 Å². The highest BCUT2D eigenvalue weighted by atomic mass is 16.5. The van der Waals surface area contributed by atoms with E-state index in [2.05, 4.69) is 32.2 Å². The fourth-order valence-electron chi connectivity index (χ4n) is 4.38. The SMILES string of the molecule is CNc1nc2ccccc2n1-c1nc(CN=C(C=NN)C(=O)O)c2c(n1)N1C(COC[C@H]1C)CO2. The second-order valence-corrected chi connectivity index (χ2v) is 8.18. The number of hydrogen-bond acceptors (Lipinski definition) is 11. The predicted molar refractivity (Wildman–Crippen MR) is 130 cm³/mol. The summed E-state index contributed by atoms with van der Waals surface area (Å²) in [6.07, 6.45) is 0.986. The first-order valence-electron chi connectivity index (χ1n) is 11.1. The number of anilines is 2. The van der Waals surface area contributed by atoms with Gasteiger partial charge in [-0.1, -0.05) is 12.1 Å². The summed E-state index contributed by atoms with van der Waals surface area (Å²) in [4.78, 5) is 32.2. The average molecular weight is 480 g/mol. The maximum absolute atomic E-state index is 11.5. The number of aliphatic imine (C=N–C) groups is 1. The van der Waals surface area contributed by atoms with Gasteiger partial charge in [0.25, 0.3) is 0 Å². The molecule has 5 rings (SSSR count). The number of hydrazone groups is 1. The molecule has 1 fully saturated rings. The van der Waals surface area contributed by atoms with Crippen molar-refractivity contribution in [3.8, 4) is 11.7 Å². The first-order valence-corrected chi connectivity index (χ1v) is 11.1. The van der Waals surface area contributed by atoms with Crippen LogP contribution in [-0.4, -0.2) is 81.5 Å². The minimum absolute atomic E-state index is 0.00685. The molecule has 13 nitrogen and oxygen atoms in total. The van der Waals surface area contributed by atoms with Gasteiger partial charge in [0.1, 0.15) is 12.3 Å². The molecule has 0 saturated carbocycles. The molecule has 0 radical (unpaired) electrons. The lowest BCUT2D eigenvalue weighted by Crippen LogP contribution is -2.56.